The number of esters is 2. The Morgan fingerprint density at radius 2 is 1.59 bits per heavy atom. The van der Waals surface area contributed by atoms with Crippen LogP contribution in [0.4, 0.5) is 0 Å². The minimum absolute atomic E-state index is 0.0673. The van der Waals surface area contributed by atoms with Crippen LogP contribution in [0, 0.1) is 44.3 Å². The number of hydrogen-bond acceptors (Lipinski definition) is 5. The van der Waals surface area contributed by atoms with Gasteiger partial charge in [-0.05, 0) is 92.1 Å². The Kier molecular flexibility index (Phi) is 4.92. The first-order valence-electron chi connectivity index (χ1n) is 14.7. The number of hydrogen-bond donors (Lipinski definition) is 0. The molecule has 5 heteroatoms. The molecular weight excluding hydrogens is 464 g/mol. The summed E-state index contributed by atoms with van der Waals surface area (Å²) in [6.45, 7) is 17.5. The molecule has 1 spiro atoms. The maximum atomic E-state index is 14.5. The van der Waals surface area contributed by atoms with Crippen molar-refractivity contribution < 1.29 is 23.9 Å². The molecule has 4 saturated carbocycles. The molecule has 37 heavy (non-hydrogen) atoms. The summed E-state index contributed by atoms with van der Waals surface area (Å²) in [7, 11) is 0. The van der Waals surface area contributed by atoms with Gasteiger partial charge in [-0.1, -0.05) is 41.5 Å². The fraction of sp³-hybridized carbons (Fsp3) is 0.844. The van der Waals surface area contributed by atoms with Gasteiger partial charge in [-0.15, -0.1) is 0 Å². The fourth-order valence-electron chi connectivity index (χ4n) is 11.3. The summed E-state index contributed by atoms with van der Waals surface area (Å²) < 4.78 is 12.3. The van der Waals surface area contributed by atoms with E-state index in [4.69, 9.17) is 9.47 Å². The lowest BCUT2D eigenvalue weighted by Gasteiger charge is -2.71. The Morgan fingerprint density at radius 3 is 2.27 bits per heavy atom. The Bertz CT molecular complexity index is 1140. The highest BCUT2D eigenvalue weighted by Gasteiger charge is 2.76. The zero-order valence-corrected chi connectivity index (χ0v) is 24.2. The van der Waals surface area contributed by atoms with Crippen LogP contribution in [-0.4, -0.2) is 29.4 Å². The molecule has 1 aliphatic heterocycles. The predicted molar refractivity (Wildman–Crippen MR) is 140 cm³/mol. The number of ketones is 1. The first-order valence-corrected chi connectivity index (χ1v) is 14.7. The van der Waals surface area contributed by atoms with Gasteiger partial charge in [0.1, 0.15) is 11.7 Å². The molecule has 204 valence electrons. The molecule has 2 bridgehead atoms. The molecule has 0 radical (unpaired) electrons. The van der Waals surface area contributed by atoms with Gasteiger partial charge in [-0.2, -0.15) is 0 Å². The van der Waals surface area contributed by atoms with E-state index < -0.39 is 11.0 Å². The first kappa shape index (κ1) is 25.6. The smallest absolute Gasteiger partial charge is 0.312 e. The molecule has 6 aliphatic rings. The van der Waals surface area contributed by atoms with Gasteiger partial charge < -0.3 is 9.47 Å². The summed E-state index contributed by atoms with van der Waals surface area (Å²) in [6, 6.07) is 0. The minimum atomic E-state index is -0.655. The molecule has 0 aromatic heterocycles. The van der Waals surface area contributed by atoms with Gasteiger partial charge in [-0.25, -0.2) is 0 Å². The highest BCUT2D eigenvalue weighted by atomic mass is 16.6. The summed E-state index contributed by atoms with van der Waals surface area (Å²) in [4.78, 5) is 39.6. The number of rotatable bonds is 1. The number of carbonyl (C=O) groups excluding carboxylic acids is 3. The van der Waals surface area contributed by atoms with Crippen LogP contribution in [0.5, 0.6) is 0 Å². The molecule has 0 aromatic carbocycles. The summed E-state index contributed by atoms with van der Waals surface area (Å²) in [5.74, 6) is 0.164. The molecule has 1 saturated heterocycles. The molecule has 0 unspecified atom stereocenters. The van der Waals surface area contributed by atoms with Crippen molar-refractivity contribution in [2.45, 2.75) is 125 Å². The first-order chi connectivity index (χ1) is 17.0. The molecule has 0 N–H and O–H groups in total. The van der Waals surface area contributed by atoms with Crippen molar-refractivity contribution in [2.75, 3.05) is 0 Å². The maximum absolute atomic E-state index is 14.5. The van der Waals surface area contributed by atoms with E-state index in [1.807, 2.05) is 6.08 Å². The zero-order valence-electron chi connectivity index (χ0n) is 24.2. The highest BCUT2D eigenvalue weighted by Crippen LogP contribution is 2.77. The van der Waals surface area contributed by atoms with Crippen molar-refractivity contribution in [3.63, 3.8) is 0 Å². The van der Waals surface area contributed by atoms with E-state index in [1.54, 1.807) is 0 Å². The predicted octanol–water partition coefficient (Wildman–Crippen LogP) is 6.58. The summed E-state index contributed by atoms with van der Waals surface area (Å²) in [5, 5.41) is 0. The van der Waals surface area contributed by atoms with Crippen LogP contribution in [0.25, 0.3) is 0 Å². The van der Waals surface area contributed by atoms with Crippen molar-refractivity contribution >= 4 is 17.7 Å². The van der Waals surface area contributed by atoms with E-state index >= 15 is 0 Å². The lowest BCUT2D eigenvalue weighted by molar-refractivity contribution is -0.217. The van der Waals surface area contributed by atoms with E-state index in [0.717, 1.165) is 56.9 Å². The standard InChI is InChI=1S/C32H46O5/c1-19(33)36-23-10-11-29(6)21(26(23,2)3)9-12-31(8)24(29)20(34)17-22-30(31,7)16-15-28(5)14-13-27(4)18-32(22,28)37-25(27)35/h17,21,23-24H,9-16,18H2,1-8H3/t21-,23-,24+,27-,28+,29-,30+,31+,32+/m0/s1. The Hall–Kier alpha value is -1.65. The van der Waals surface area contributed by atoms with Crippen LogP contribution in [0.1, 0.15) is 113 Å². The second-order valence-corrected chi connectivity index (χ2v) is 15.7. The third kappa shape index (κ3) is 2.80. The van der Waals surface area contributed by atoms with Crippen LogP contribution >= 0.6 is 0 Å². The van der Waals surface area contributed by atoms with Gasteiger partial charge in [0, 0.05) is 30.1 Å². The largest absolute Gasteiger partial charge is 0.462 e. The average molecular weight is 511 g/mol. The van der Waals surface area contributed by atoms with Crippen LogP contribution < -0.4 is 0 Å². The third-order valence-corrected chi connectivity index (χ3v) is 13.7. The fourth-order valence-corrected chi connectivity index (χ4v) is 11.3. The molecule has 9 atom stereocenters. The third-order valence-electron chi connectivity index (χ3n) is 13.7. The van der Waals surface area contributed by atoms with Crippen molar-refractivity contribution in [3.05, 3.63) is 11.6 Å². The topological polar surface area (TPSA) is 69.7 Å². The number of fused-ring (bicyclic) bond motifs is 6. The van der Waals surface area contributed by atoms with E-state index in [0.29, 0.717) is 12.3 Å². The number of allylic oxidation sites excluding steroid dienone is 1. The Morgan fingerprint density at radius 1 is 0.919 bits per heavy atom. The molecule has 1 heterocycles. The molecule has 5 nitrogen and oxygen atoms in total. The quantitative estimate of drug-likeness (QED) is 0.373. The molecule has 5 aliphatic carbocycles. The van der Waals surface area contributed by atoms with Gasteiger partial charge in [0.05, 0.1) is 5.41 Å². The highest BCUT2D eigenvalue weighted by molar-refractivity contribution is 5.96. The molecule has 6 rings (SSSR count). The van der Waals surface area contributed by atoms with Gasteiger partial charge in [-0.3, -0.25) is 14.4 Å². The summed E-state index contributed by atoms with van der Waals surface area (Å²) in [6.07, 6.45) is 10.2. The van der Waals surface area contributed by atoms with Crippen LogP contribution in [0.15, 0.2) is 11.6 Å². The van der Waals surface area contributed by atoms with Crippen molar-refractivity contribution in [3.8, 4) is 0 Å². The van der Waals surface area contributed by atoms with Crippen LogP contribution in [0.3, 0.4) is 0 Å². The van der Waals surface area contributed by atoms with Crippen molar-refractivity contribution in [1.82, 2.24) is 0 Å². The van der Waals surface area contributed by atoms with E-state index in [2.05, 4.69) is 48.5 Å². The van der Waals surface area contributed by atoms with Crippen molar-refractivity contribution in [2.24, 2.45) is 44.3 Å². The van der Waals surface area contributed by atoms with Gasteiger partial charge in [0.2, 0.25) is 0 Å². The Labute approximate surface area is 222 Å². The summed E-state index contributed by atoms with van der Waals surface area (Å²) in [5.41, 5.74) is -0.841. The van der Waals surface area contributed by atoms with Gasteiger partial charge >= 0.3 is 11.9 Å². The van der Waals surface area contributed by atoms with E-state index in [9.17, 15) is 14.4 Å². The minimum Gasteiger partial charge on any atom is -0.462 e. The van der Waals surface area contributed by atoms with Crippen LogP contribution in [0.2, 0.25) is 0 Å². The molecule has 5 fully saturated rings. The SMILES string of the molecule is CC(=O)O[C@H]1CC[C@]2(C)[C@H]3C(=O)C=C4[C@@](C)(CC[C@@]5(C)CC[C@@]6(C)C[C@@]45OC6=O)[C@]3(C)CC[C@H]2C1(C)C. The molecular formula is C32H46O5. The zero-order chi connectivity index (χ0) is 27.0. The number of ether oxygens (including phenoxy) is 2. The maximum Gasteiger partial charge on any atom is 0.312 e. The van der Waals surface area contributed by atoms with E-state index in [1.165, 1.54) is 6.92 Å². The summed E-state index contributed by atoms with van der Waals surface area (Å²) >= 11 is 0. The normalized spacial score (nSPS) is 53.6. The van der Waals surface area contributed by atoms with E-state index in [-0.39, 0.29) is 56.8 Å². The second-order valence-electron chi connectivity index (χ2n) is 15.7. The average Bonchev–Trinajstić information content (AvgIpc) is 3.02. The van der Waals surface area contributed by atoms with Crippen molar-refractivity contribution in [1.29, 1.82) is 0 Å². The van der Waals surface area contributed by atoms with Crippen LogP contribution in [-0.2, 0) is 23.9 Å². The lowest BCUT2D eigenvalue weighted by atomic mass is 9.33. The second kappa shape index (κ2) is 7.10. The van der Waals surface area contributed by atoms with Gasteiger partial charge in [0.25, 0.3) is 0 Å². The Balaban J connectivity index is 1.47. The monoisotopic (exact) mass is 510 g/mol. The molecule has 0 amide bonds. The lowest BCUT2D eigenvalue weighted by Crippen LogP contribution is -2.69. The number of carbonyl (C=O) groups is 3. The van der Waals surface area contributed by atoms with Gasteiger partial charge in [0.15, 0.2) is 5.78 Å². The molecule has 0 aromatic rings.